The van der Waals surface area contributed by atoms with Gasteiger partial charge in [-0.25, -0.2) is 0 Å². The second-order valence-electron chi connectivity index (χ2n) is 5.30. The number of hydrogen-bond donors (Lipinski definition) is 1. The van der Waals surface area contributed by atoms with Crippen LogP contribution < -0.4 is 5.32 Å². The molecule has 2 heteroatoms. The van der Waals surface area contributed by atoms with Crippen LogP contribution in [0.25, 0.3) is 0 Å². The minimum atomic E-state index is 0.518. The van der Waals surface area contributed by atoms with Gasteiger partial charge in [-0.05, 0) is 25.2 Å². The molecular formula is C11H21NS. The molecule has 76 valence electrons. The maximum Gasteiger partial charge on any atom is 0.0240 e. The number of thioether (sulfide) groups is 1. The molecule has 1 saturated heterocycles. The van der Waals surface area contributed by atoms with Gasteiger partial charge in [0.1, 0.15) is 0 Å². The molecule has 1 heterocycles. The van der Waals surface area contributed by atoms with Gasteiger partial charge in [0.2, 0.25) is 0 Å². The number of hydrogen-bond acceptors (Lipinski definition) is 2. The molecule has 2 rings (SSSR count). The van der Waals surface area contributed by atoms with Crippen molar-refractivity contribution >= 4 is 11.8 Å². The van der Waals surface area contributed by atoms with Gasteiger partial charge in [0.05, 0.1) is 0 Å². The Morgan fingerprint density at radius 3 is 2.92 bits per heavy atom. The van der Waals surface area contributed by atoms with E-state index in [0.29, 0.717) is 11.5 Å². The molecule has 0 spiro atoms. The highest BCUT2D eigenvalue weighted by Crippen LogP contribution is 2.42. The maximum absolute atomic E-state index is 3.79. The predicted octanol–water partition coefficient (Wildman–Crippen LogP) is 2.66. The molecule has 1 N–H and O–H groups in total. The van der Waals surface area contributed by atoms with Crippen LogP contribution in [0.5, 0.6) is 0 Å². The van der Waals surface area contributed by atoms with E-state index < -0.39 is 0 Å². The fourth-order valence-corrected chi connectivity index (χ4v) is 4.32. The van der Waals surface area contributed by atoms with Crippen LogP contribution in [0.4, 0.5) is 0 Å². The van der Waals surface area contributed by atoms with E-state index in [0.717, 1.165) is 11.3 Å². The first-order valence-corrected chi connectivity index (χ1v) is 6.52. The molecule has 0 aromatic rings. The SMILES string of the molecule is CC1CSC2CCCC(C)(C)C2N1. The Kier molecular flexibility index (Phi) is 2.63. The molecule has 3 atom stereocenters. The molecule has 0 aromatic carbocycles. The summed E-state index contributed by atoms with van der Waals surface area (Å²) in [6, 6.07) is 1.47. The van der Waals surface area contributed by atoms with Crippen LogP contribution in [0.2, 0.25) is 0 Å². The van der Waals surface area contributed by atoms with E-state index in [2.05, 4.69) is 37.8 Å². The lowest BCUT2D eigenvalue weighted by molar-refractivity contribution is 0.161. The van der Waals surface area contributed by atoms with Crippen molar-refractivity contribution in [3.05, 3.63) is 0 Å². The number of nitrogens with one attached hydrogen (secondary N) is 1. The van der Waals surface area contributed by atoms with Crippen molar-refractivity contribution in [2.75, 3.05) is 5.75 Å². The average molecular weight is 199 g/mol. The minimum Gasteiger partial charge on any atom is -0.309 e. The fraction of sp³-hybridized carbons (Fsp3) is 1.00. The summed E-state index contributed by atoms with van der Waals surface area (Å²) in [5.41, 5.74) is 0.518. The Bertz CT molecular complexity index is 191. The average Bonchev–Trinajstić information content (AvgIpc) is 2.06. The molecule has 1 aliphatic heterocycles. The Morgan fingerprint density at radius 2 is 2.15 bits per heavy atom. The topological polar surface area (TPSA) is 12.0 Å². The summed E-state index contributed by atoms with van der Waals surface area (Å²) in [6.07, 6.45) is 4.25. The first-order chi connectivity index (χ1) is 6.09. The predicted molar refractivity (Wildman–Crippen MR) is 60.3 cm³/mol. The Labute approximate surface area is 86.0 Å². The van der Waals surface area contributed by atoms with Gasteiger partial charge in [0.25, 0.3) is 0 Å². The first-order valence-electron chi connectivity index (χ1n) is 5.47. The molecule has 13 heavy (non-hydrogen) atoms. The molecule has 0 amide bonds. The van der Waals surface area contributed by atoms with Gasteiger partial charge in [-0.15, -0.1) is 0 Å². The van der Waals surface area contributed by atoms with Gasteiger partial charge < -0.3 is 5.32 Å². The van der Waals surface area contributed by atoms with E-state index in [-0.39, 0.29) is 0 Å². The second kappa shape index (κ2) is 3.47. The van der Waals surface area contributed by atoms with Gasteiger partial charge in [0.15, 0.2) is 0 Å². The normalized spacial score (nSPS) is 44.1. The zero-order valence-electron chi connectivity index (χ0n) is 8.97. The summed E-state index contributed by atoms with van der Waals surface area (Å²) in [5.74, 6) is 1.30. The quantitative estimate of drug-likeness (QED) is 0.644. The molecule has 1 nitrogen and oxygen atoms in total. The molecule has 2 fully saturated rings. The molecule has 0 radical (unpaired) electrons. The molecule has 0 bridgehead atoms. The van der Waals surface area contributed by atoms with Gasteiger partial charge in [-0.1, -0.05) is 20.3 Å². The van der Waals surface area contributed by atoms with E-state index in [1.165, 1.54) is 25.0 Å². The molecule has 0 aromatic heterocycles. The van der Waals surface area contributed by atoms with Gasteiger partial charge >= 0.3 is 0 Å². The molecule has 1 saturated carbocycles. The summed E-state index contributed by atoms with van der Waals surface area (Å²) in [4.78, 5) is 0. The van der Waals surface area contributed by atoms with Crippen molar-refractivity contribution in [3.8, 4) is 0 Å². The Balaban J connectivity index is 2.10. The van der Waals surface area contributed by atoms with Gasteiger partial charge in [0, 0.05) is 23.1 Å². The van der Waals surface area contributed by atoms with E-state index in [4.69, 9.17) is 0 Å². The summed E-state index contributed by atoms with van der Waals surface area (Å²) in [7, 11) is 0. The van der Waals surface area contributed by atoms with Crippen molar-refractivity contribution in [3.63, 3.8) is 0 Å². The lowest BCUT2D eigenvalue weighted by Crippen LogP contribution is -2.57. The van der Waals surface area contributed by atoms with Crippen LogP contribution in [0.3, 0.4) is 0 Å². The summed E-state index contributed by atoms with van der Waals surface area (Å²) < 4.78 is 0. The van der Waals surface area contributed by atoms with E-state index in [1.807, 2.05) is 0 Å². The Morgan fingerprint density at radius 1 is 1.38 bits per heavy atom. The third-order valence-corrected chi connectivity index (χ3v) is 5.18. The standard InChI is InChI=1S/C11H21NS/c1-8-7-13-9-5-4-6-11(2,3)10(9)12-8/h8-10,12H,4-7H2,1-3H3. The third kappa shape index (κ3) is 1.89. The van der Waals surface area contributed by atoms with E-state index in [1.54, 1.807) is 0 Å². The number of rotatable bonds is 0. The third-order valence-electron chi connectivity index (χ3n) is 3.55. The number of fused-ring (bicyclic) bond motifs is 1. The smallest absolute Gasteiger partial charge is 0.0240 e. The second-order valence-corrected chi connectivity index (χ2v) is 6.57. The van der Waals surface area contributed by atoms with Crippen LogP contribution in [0.15, 0.2) is 0 Å². The van der Waals surface area contributed by atoms with E-state index in [9.17, 15) is 0 Å². The van der Waals surface area contributed by atoms with Gasteiger partial charge in [-0.2, -0.15) is 11.8 Å². The zero-order valence-corrected chi connectivity index (χ0v) is 9.79. The van der Waals surface area contributed by atoms with Crippen LogP contribution in [0, 0.1) is 5.41 Å². The zero-order chi connectivity index (χ0) is 9.47. The minimum absolute atomic E-state index is 0.518. The fourth-order valence-electron chi connectivity index (χ4n) is 2.72. The van der Waals surface area contributed by atoms with Crippen LogP contribution in [-0.2, 0) is 0 Å². The molecule has 3 unspecified atom stereocenters. The molecular weight excluding hydrogens is 178 g/mol. The maximum atomic E-state index is 3.79. The van der Waals surface area contributed by atoms with Crippen LogP contribution in [-0.4, -0.2) is 23.1 Å². The van der Waals surface area contributed by atoms with E-state index >= 15 is 0 Å². The lowest BCUT2D eigenvalue weighted by Gasteiger charge is -2.48. The van der Waals surface area contributed by atoms with Crippen LogP contribution in [0.1, 0.15) is 40.0 Å². The summed E-state index contributed by atoms with van der Waals surface area (Å²) in [6.45, 7) is 7.17. The summed E-state index contributed by atoms with van der Waals surface area (Å²) in [5, 5.41) is 4.68. The largest absolute Gasteiger partial charge is 0.309 e. The van der Waals surface area contributed by atoms with Crippen molar-refractivity contribution in [1.82, 2.24) is 5.32 Å². The summed E-state index contributed by atoms with van der Waals surface area (Å²) >= 11 is 2.20. The highest BCUT2D eigenvalue weighted by atomic mass is 32.2. The highest BCUT2D eigenvalue weighted by Gasteiger charge is 2.41. The van der Waals surface area contributed by atoms with Crippen molar-refractivity contribution < 1.29 is 0 Å². The molecule has 2 aliphatic rings. The van der Waals surface area contributed by atoms with Crippen molar-refractivity contribution in [1.29, 1.82) is 0 Å². The van der Waals surface area contributed by atoms with Crippen LogP contribution >= 0.6 is 11.8 Å². The lowest BCUT2D eigenvalue weighted by atomic mass is 9.72. The van der Waals surface area contributed by atoms with Crippen molar-refractivity contribution in [2.24, 2.45) is 5.41 Å². The Hall–Kier alpha value is 0.310. The van der Waals surface area contributed by atoms with Crippen molar-refractivity contribution in [2.45, 2.75) is 57.4 Å². The highest BCUT2D eigenvalue weighted by molar-refractivity contribution is 8.00. The molecule has 1 aliphatic carbocycles. The monoisotopic (exact) mass is 199 g/mol. The first kappa shape index (κ1) is 9.85. The van der Waals surface area contributed by atoms with Gasteiger partial charge in [-0.3, -0.25) is 0 Å².